The molecule has 8 heteroatoms. The van der Waals surface area contributed by atoms with Crippen molar-refractivity contribution in [2.45, 2.75) is 57.8 Å². The van der Waals surface area contributed by atoms with Crippen LogP contribution < -0.4 is 10.3 Å². The Morgan fingerprint density at radius 1 is 1.27 bits per heavy atom. The van der Waals surface area contributed by atoms with E-state index in [1.165, 1.54) is 27.8 Å². The van der Waals surface area contributed by atoms with Crippen molar-refractivity contribution in [2.24, 2.45) is 0 Å². The number of hydrogen-bond acceptors (Lipinski definition) is 6. The second kappa shape index (κ2) is 9.50. The number of fused-ring (bicyclic) bond motifs is 3. The molecule has 3 heterocycles. The van der Waals surface area contributed by atoms with Crippen LogP contribution in [0.25, 0.3) is 10.2 Å². The number of benzene rings is 1. The average Bonchev–Trinajstić information content (AvgIpc) is 3.38. The fourth-order valence-corrected chi connectivity index (χ4v) is 6.75. The zero-order valence-corrected chi connectivity index (χ0v) is 20.7. The van der Waals surface area contributed by atoms with E-state index in [1.807, 2.05) is 4.90 Å². The van der Waals surface area contributed by atoms with E-state index in [9.17, 15) is 9.59 Å². The van der Waals surface area contributed by atoms with Crippen molar-refractivity contribution < 1.29 is 9.53 Å². The lowest BCUT2D eigenvalue weighted by molar-refractivity contribution is -0.130. The molecule has 0 bridgehead atoms. The molecule has 1 aliphatic carbocycles. The Morgan fingerprint density at radius 3 is 2.91 bits per heavy atom. The van der Waals surface area contributed by atoms with Gasteiger partial charge in [-0.1, -0.05) is 12.1 Å². The number of thioether (sulfide) groups is 1. The molecule has 0 radical (unpaired) electrons. The van der Waals surface area contributed by atoms with Crippen molar-refractivity contribution in [1.29, 1.82) is 0 Å². The van der Waals surface area contributed by atoms with Gasteiger partial charge in [-0.15, -0.1) is 23.1 Å². The first-order valence-corrected chi connectivity index (χ1v) is 13.6. The van der Waals surface area contributed by atoms with Gasteiger partial charge in [0.2, 0.25) is 5.91 Å². The third-order valence-corrected chi connectivity index (χ3v) is 8.63. The number of likely N-dealkylation sites (tertiary alicyclic amines) is 1. The molecule has 174 valence electrons. The van der Waals surface area contributed by atoms with E-state index in [4.69, 9.17) is 4.74 Å². The number of nitrogens with one attached hydrogen (secondary N) is 1. The first kappa shape index (κ1) is 22.5. The van der Waals surface area contributed by atoms with Gasteiger partial charge in [0.05, 0.1) is 16.9 Å². The molecule has 5 rings (SSSR count). The summed E-state index contributed by atoms with van der Waals surface area (Å²) >= 11 is 3.16. The highest BCUT2D eigenvalue weighted by Crippen LogP contribution is 2.34. The number of aryl methyl sites for hydroxylation is 4. The van der Waals surface area contributed by atoms with E-state index in [-0.39, 0.29) is 17.6 Å². The number of carbonyl (C=O) groups excluding carboxylic acids is 1. The number of piperidine rings is 1. The summed E-state index contributed by atoms with van der Waals surface area (Å²) in [7, 11) is 0. The molecule has 1 aliphatic heterocycles. The molecule has 0 atom stereocenters. The maximum absolute atomic E-state index is 12.7. The number of nitrogens with zero attached hydrogens (tertiary/aromatic N) is 2. The van der Waals surface area contributed by atoms with E-state index < -0.39 is 0 Å². The highest BCUT2D eigenvalue weighted by molar-refractivity contribution is 7.99. The van der Waals surface area contributed by atoms with Gasteiger partial charge in [0, 0.05) is 30.8 Å². The molecule has 1 N–H and O–H groups in total. The monoisotopic (exact) mass is 483 g/mol. The van der Waals surface area contributed by atoms with Crippen LogP contribution in [0.4, 0.5) is 0 Å². The van der Waals surface area contributed by atoms with Crippen molar-refractivity contribution in [2.75, 3.05) is 18.8 Å². The summed E-state index contributed by atoms with van der Waals surface area (Å²) in [6.45, 7) is 5.57. The van der Waals surface area contributed by atoms with Crippen LogP contribution in [0.2, 0.25) is 0 Å². The fraction of sp³-hybridized carbons (Fsp3) is 0.480. The van der Waals surface area contributed by atoms with Crippen LogP contribution in [-0.4, -0.2) is 45.7 Å². The highest BCUT2D eigenvalue weighted by Gasteiger charge is 2.25. The zero-order chi connectivity index (χ0) is 22.9. The van der Waals surface area contributed by atoms with Gasteiger partial charge in [0.15, 0.2) is 0 Å². The standard InChI is InChI=1S/C25H29N3O3S2/c1-15-6-7-16(2)19(12-15)31-17-8-10-28(11-9-17)22(29)14-32-13-21-26-24(30)23-18-4-3-5-20(18)33-25(23)27-21/h6-7,12,17H,3-5,8-11,13-14H2,1-2H3,(H,26,27,30). The van der Waals surface area contributed by atoms with Crippen LogP contribution in [0.1, 0.15) is 46.7 Å². The Kier molecular flexibility index (Phi) is 6.47. The molecule has 0 unspecified atom stereocenters. The lowest BCUT2D eigenvalue weighted by atomic mass is 10.1. The summed E-state index contributed by atoms with van der Waals surface area (Å²) in [6, 6.07) is 6.27. The summed E-state index contributed by atoms with van der Waals surface area (Å²) in [6.07, 6.45) is 5.01. The Hall–Kier alpha value is -2.32. The van der Waals surface area contributed by atoms with E-state index >= 15 is 0 Å². The highest BCUT2D eigenvalue weighted by atomic mass is 32.2. The number of rotatable bonds is 6. The van der Waals surface area contributed by atoms with Gasteiger partial charge in [0.1, 0.15) is 22.5 Å². The first-order valence-electron chi connectivity index (χ1n) is 11.6. The average molecular weight is 484 g/mol. The molecule has 1 aromatic carbocycles. The second-order valence-electron chi connectivity index (χ2n) is 9.01. The molecule has 1 saturated heterocycles. The van der Waals surface area contributed by atoms with Gasteiger partial charge in [-0.25, -0.2) is 4.98 Å². The van der Waals surface area contributed by atoms with Gasteiger partial charge in [0.25, 0.3) is 5.56 Å². The maximum atomic E-state index is 12.7. The minimum atomic E-state index is -0.0350. The number of H-pyrrole nitrogens is 1. The van der Waals surface area contributed by atoms with Gasteiger partial charge >= 0.3 is 0 Å². The summed E-state index contributed by atoms with van der Waals surface area (Å²) < 4.78 is 6.22. The number of amides is 1. The van der Waals surface area contributed by atoms with Gasteiger partial charge in [-0.05, 0) is 55.9 Å². The number of aromatic nitrogens is 2. The smallest absolute Gasteiger partial charge is 0.259 e. The van der Waals surface area contributed by atoms with Gasteiger partial charge < -0.3 is 14.6 Å². The van der Waals surface area contributed by atoms with E-state index in [2.05, 4.69) is 42.0 Å². The second-order valence-corrected chi connectivity index (χ2v) is 11.1. The number of ether oxygens (including phenoxy) is 1. The third kappa shape index (κ3) is 4.82. The Bertz CT molecular complexity index is 1240. The van der Waals surface area contributed by atoms with Crippen LogP contribution in [-0.2, 0) is 23.4 Å². The molecule has 2 aliphatic rings. The Labute approximate surface area is 201 Å². The SMILES string of the molecule is Cc1ccc(C)c(OC2CCN(C(=O)CSCc3nc4sc5c(c4c(=O)[nH]3)CCC5)CC2)c1. The Balaban J connectivity index is 1.11. The molecular formula is C25H29N3O3S2. The van der Waals surface area contributed by atoms with Crippen LogP contribution in [0, 0.1) is 13.8 Å². The molecule has 3 aromatic rings. The van der Waals surface area contributed by atoms with Crippen LogP contribution in [0.5, 0.6) is 5.75 Å². The molecule has 0 saturated carbocycles. The number of aromatic amines is 1. The molecule has 0 spiro atoms. The summed E-state index contributed by atoms with van der Waals surface area (Å²) in [5, 5.41) is 0.781. The predicted molar refractivity (Wildman–Crippen MR) is 135 cm³/mol. The number of carbonyl (C=O) groups is 1. The number of thiophene rings is 1. The van der Waals surface area contributed by atoms with Gasteiger partial charge in [-0.2, -0.15) is 0 Å². The minimum Gasteiger partial charge on any atom is -0.490 e. The van der Waals surface area contributed by atoms with Crippen molar-refractivity contribution >= 4 is 39.2 Å². The number of hydrogen-bond donors (Lipinski definition) is 1. The molecule has 1 fully saturated rings. The van der Waals surface area contributed by atoms with Gasteiger partial charge in [-0.3, -0.25) is 9.59 Å². The fourth-order valence-electron chi connectivity index (χ4n) is 4.68. The quantitative estimate of drug-likeness (QED) is 0.563. The van der Waals surface area contributed by atoms with Crippen LogP contribution in [0.15, 0.2) is 23.0 Å². The lowest BCUT2D eigenvalue weighted by Gasteiger charge is -2.32. The van der Waals surface area contributed by atoms with E-state index in [0.717, 1.165) is 66.7 Å². The van der Waals surface area contributed by atoms with Crippen molar-refractivity contribution in [1.82, 2.24) is 14.9 Å². The predicted octanol–water partition coefficient (Wildman–Crippen LogP) is 4.39. The first-order chi connectivity index (χ1) is 16.0. The van der Waals surface area contributed by atoms with Crippen molar-refractivity contribution in [3.05, 3.63) is 55.9 Å². The molecular weight excluding hydrogens is 454 g/mol. The molecule has 1 amide bonds. The van der Waals surface area contributed by atoms with Crippen molar-refractivity contribution in [3.8, 4) is 5.75 Å². The third-order valence-electron chi connectivity index (χ3n) is 6.52. The summed E-state index contributed by atoms with van der Waals surface area (Å²) in [5.74, 6) is 2.68. The Morgan fingerprint density at radius 2 is 2.09 bits per heavy atom. The molecule has 2 aromatic heterocycles. The topological polar surface area (TPSA) is 75.3 Å². The van der Waals surface area contributed by atoms with Crippen molar-refractivity contribution in [3.63, 3.8) is 0 Å². The molecule has 6 nitrogen and oxygen atoms in total. The van der Waals surface area contributed by atoms with Crippen LogP contribution >= 0.6 is 23.1 Å². The summed E-state index contributed by atoms with van der Waals surface area (Å²) in [4.78, 5) is 37.0. The zero-order valence-electron chi connectivity index (χ0n) is 19.1. The molecule has 33 heavy (non-hydrogen) atoms. The largest absolute Gasteiger partial charge is 0.490 e. The normalized spacial score (nSPS) is 16.4. The van der Waals surface area contributed by atoms with Crippen LogP contribution in [0.3, 0.4) is 0 Å². The summed E-state index contributed by atoms with van der Waals surface area (Å²) in [5.41, 5.74) is 3.50. The lowest BCUT2D eigenvalue weighted by Crippen LogP contribution is -2.42. The maximum Gasteiger partial charge on any atom is 0.259 e. The van der Waals surface area contributed by atoms with E-state index in [1.54, 1.807) is 11.3 Å². The van der Waals surface area contributed by atoms with E-state index in [0.29, 0.717) is 17.3 Å². The minimum absolute atomic E-state index is 0.0350.